The van der Waals surface area contributed by atoms with Crippen LogP contribution in [0.2, 0.25) is 0 Å². The first-order chi connectivity index (χ1) is 12.2. The summed E-state index contributed by atoms with van der Waals surface area (Å²) in [5.74, 6) is 1.51. The molecule has 0 aliphatic carbocycles. The molecule has 0 spiro atoms. The molecule has 2 aromatic rings. The van der Waals surface area contributed by atoms with E-state index in [2.05, 4.69) is 14.9 Å². The van der Waals surface area contributed by atoms with Crippen LogP contribution in [0.15, 0.2) is 24.7 Å². The lowest BCUT2D eigenvalue weighted by Gasteiger charge is -2.17. The third kappa shape index (κ3) is 3.68. The first-order valence-electron chi connectivity index (χ1n) is 8.68. The summed E-state index contributed by atoms with van der Waals surface area (Å²) in [5, 5.41) is 0.894. The van der Waals surface area contributed by atoms with Gasteiger partial charge in [0, 0.05) is 38.0 Å². The zero-order chi connectivity index (χ0) is 17.2. The highest BCUT2D eigenvalue weighted by atomic mass is 16.7. The van der Waals surface area contributed by atoms with E-state index in [1.165, 1.54) is 6.33 Å². The first kappa shape index (κ1) is 16.5. The second-order valence-electron chi connectivity index (χ2n) is 6.68. The maximum absolute atomic E-state index is 5.96. The molecule has 2 aliphatic heterocycles. The number of fused-ring (bicyclic) bond motifs is 2. The molecule has 1 aromatic carbocycles. The smallest absolute Gasteiger partial charge is 0.147 e. The predicted octanol–water partition coefficient (Wildman–Crippen LogP) is 1.85. The van der Waals surface area contributed by atoms with Gasteiger partial charge in [-0.3, -0.25) is 4.90 Å². The average molecular weight is 345 g/mol. The number of benzene rings is 1. The second kappa shape index (κ2) is 7.11. The SMILES string of the molecule is CC(C)Oc1cc(OCCN2CC3OCOC3C2)cc2ncncc12. The number of nitrogens with zero attached hydrogens (tertiary/aromatic N) is 3. The quantitative estimate of drug-likeness (QED) is 0.791. The molecule has 1 aromatic heterocycles. The van der Waals surface area contributed by atoms with Crippen LogP contribution in [0, 0.1) is 0 Å². The molecule has 7 heteroatoms. The molecular weight excluding hydrogens is 322 g/mol. The van der Waals surface area contributed by atoms with Crippen LogP contribution >= 0.6 is 0 Å². The van der Waals surface area contributed by atoms with E-state index in [0.29, 0.717) is 13.4 Å². The molecule has 25 heavy (non-hydrogen) atoms. The molecule has 134 valence electrons. The van der Waals surface area contributed by atoms with E-state index in [1.54, 1.807) is 6.20 Å². The highest BCUT2D eigenvalue weighted by Gasteiger charge is 2.38. The molecule has 0 amide bonds. The molecule has 0 bridgehead atoms. The Balaban J connectivity index is 1.41. The van der Waals surface area contributed by atoms with Crippen LogP contribution in [-0.4, -0.2) is 66.2 Å². The Bertz CT molecular complexity index is 727. The maximum Gasteiger partial charge on any atom is 0.147 e. The van der Waals surface area contributed by atoms with Crippen LogP contribution in [0.1, 0.15) is 13.8 Å². The average Bonchev–Trinajstić information content (AvgIpc) is 3.16. The monoisotopic (exact) mass is 345 g/mol. The van der Waals surface area contributed by atoms with Crippen LogP contribution in [-0.2, 0) is 9.47 Å². The molecule has 0 N–H and O–H groups in total. The molecule has 2 aliphatic rings. The summed E-state index contributed by atoms with van der Waals surface area (Å²) in [4.78, 5) is 10.7. The number of aromatic nitrogens is 2. The third-order valence-corrected chi connectivity index (χ3v) is 4.45. The summed E-state index contributed by atoms with van der Waals surface area (Å²) in [7, 11) is 0. The van der Waals surface area contributed by atoms with Crippen molar-refractivity contribution in [2.45, 2.75) is 32.2 Å². The van der Waals surface area contributed by atoms with Crippen molar-refractivity contribution in [2.75, 3.05) is 33.0 Å². The van der Waals surface area contributed by atoms with Crippen LogP contribution in [0.5, 0.6) is 11.5 Å². The van der Waals surface area contributed by atoms with E-state index >= 15 is 0 Å². The van der Waals surface area contributed by atoms with E-state index < -0.39 is 0 Å². The normalized spacial score (nSPS) is 23.3. The summed E-state index contributed by atoms with van der Waals surface area (Å²) >= 11 is 0. The number of ether oxygens (including phenoxy) is 4. The van der Waals surface area contributed by atoms with E-state index in [-0.39, 0.29) is 18.3 Å². The van der Waals surface area contributed by atoms with Gasteiger partial charge in [0.2, 0.25) is 0 Å². The first-order valence-corrected chi connectivity index (χ1v) is 8.68. The topological polar surface area (TPSA) is 65.9 Å². The largest absolute Gasteiger partial charge is 0.492 e. The molecule has 2 unspecified atom stereocenters. The predicted molar refractivity (Wildman–Crippen MR) is 91.9 cm³/mol. The number of rotatable bonds is 6. The van der Waals surface area contributed by atoms with Crippen molar-refractivity contribution in [1.29, 1.82) is 0 Å². The molecule has 3 heterocycles. The van der Waals surface area contributed by atoms with Crippen molar-refractivity contribution in [2.24, 2.45) is 0 Å². The minimum atomic E-state index is 0.0719. The highest BCUT2D eigenvalue weighted by molar-refractivity contribution is 5.85. The summed E-state index contributed by atoms with van der Waals surface area (Å²) in [5.41, 5.74) is 0.820. The zero-order valence-electron chi connectivity index (χ0n) is 14.6. The van der Waals surface area contributed by atoms with E-state index in [0.717, 1.165) is 42.0 Å². The van der Waals surface area contributed by atoms with E-state index in [4.69, 9.17) is 18.9 Å². The molecule has 2 atom stereocenters. The Kier molecular flexibility index (Phi) is 4.70. The van der Waals surface area contributed by atoms with Gasteiger partial charge in [-0.05, 0) is 13.8 Å². The number of likely N-dealkylation sites (tertiary alicyclic amines) is 1. The Morgan fingerprint density at radius 3 is 2.80 bits per heavy atom. The fourth-order valence-corrected chi connectivity index (χ4v) is 3.29. The van der Waals surface area contributed by atoms with Crippen LogP contribution in [0.4, 0.5) is 0 Å². The van der Waals surface area contributed by atoms with Gasteiger partial charge in [0.15, 0.2) is 0 Å². The molecule has 0 radical (unpaired) electrons. The molecule has 2 fully saturated rings. The Labute approximate surface area is 146 Å². The molecule has 2 saturated heterocycles. The highest BCUT2D eigenvalue weighted by Crippen LogP contribution is 2.30. The van der Waals surface area contributed by atoms with Gasteiger partial charge >= 0.3 is 0 Å². The molecular formula is C18H23N3O4. The van der Waals surface area contributed by atoms with Crippen LogP contribution in [0.25, 0.3) is 10.9 Å². The number of hydrogen-bond acceptors (Lipinski definition) is 7. The van der Waals surface area contributed by atoms with E-state index in [1.807, 2.05) is 26.0 Å². The van der Waals surface area contributed by atoms with Crippen molar-refractivity contribution >= 4 is 10.9 Å². The van der Waals surface area contributed by atoms with E-state index in [9.17, 15) is 0 Å². The molecule has 7 nitrogen and oxygen atoms in total. The van der Waals surface area contributed by atoms with Gasteiger partial charge in [0.05, 0.1) is 17.0 Å². The standard InChI is InChI=1S/C18H23N3O4/c1-12(2)25-16-6-13(5-15-14(16)7-19-10-20-15)22-4-3-21-8-17-18(9-21)24-11-23-17/h5-7,10,12,17-18H,3-4,8-9,11H2,1-2H3. The molecule has 4 rings (SSSR count). The Hall–Kier alpha value is -1.96. The fourth-order valence-electron chi connectivity index (χ4n) is 3.29. The third-order valence-electron chi connectivity index (χ3n) is 4.45. The number of hydrogen-bond donors (Lipinski definition) is 0. The lowest BCUT2D eigenvalue weighted by Crippen LogP contribution is -2.28. The van der Waals surface area contributed by atoms with Crippen molar-refractivity contribution in [3.8, 4) is 11.5 Å². The van der Waals surface area contributed by atoms with Crippen molar-refractivity contribution in [3.63, 3.8) is 0 Å². The van der Waals surface area contributed by atoms with Gasteiger partial charge < -0.3 is 18.9 Å². The lowest BCUT2D eigenvalue weighted by molar-refractivity contribution is 0.0140. The summed E-state index contributed by atoms with van der Waals surface area (Å²) in [6.45, 7) is 7.66. The van der Waals surface area contributed by atoms with Gasteiger partial charge in [0.1, 0.15) is 43.4 Å². The van der Waals surface area contributed by atoms with Crippen LogP contribution < -0.4 is 9.47 Å². The minimum Gasteiger partial charge on any atom is -0.492 e. The summed E-state index contributed by atoms with van der Waals surface area (Å²) in [6, 6.07) is 3.84. The maximum atomic E-state index is 5.96. The van der Waals surface area contributed by atoms with Crippen molar-refractivity contribution in [3.05, 3.63) is 24.7 Å². The fraction of sp³-hybridized carbons (Fsp3) is 0.556. The van der Waals surface area contributed by atoms with Crippen LogP contribution in [0.3, 0.4) is 0 Å². The zero-order valence-corrected chi connectivity index (χ0v) is 14.6. The summed E-state index contributed by atoms with van der Waals surface area (Å²) < 4.78 is 22.9. The van der Waals surface area contributed by atoms with Gasteiger partial charge in [-0.25, -0.2) is 9.97 Å². The second-order valence-corrected chi connectivity index (χ2v) is 6.68. The lowest BCUT2D eigenvalue weighted by atomic mass is 10.2. The van der Waals surface area contributed by atoms with Crippen molar-refractivity contribution < 1.29 is 18.9 Å². The van der Waals surface area contributed by atoms with Gasteiger partial charge in [-0.15, -0.1) is 0 Å². The van der Waals surface area contributed by atoms with Crippen molar-refractivity contribution in [1.82, 2.24) is 14.9 Å². The van der Waals surface area contributed by atoms with Gasteiger partial charge in [-0.2, -0.15) is 0 Å². The van der Waals surface area contributed by atoms with Gasteiger partial charge in [0.25, 0.3) is 0 Å². The Morgan fingerprint density at radius 2 is 2.04 bits per heavy atom. The molecule has 0 saturated carbocycles. The minimum absolute atomic E-state index is 0.0719. The Morgan fingerprint density at radius 1 is 1.24 bits per heavy atom. The summed E-state index contributed by atoms with van der Waals surface area (Å²) in [6.07, 6.45) is 3.80. The van der Waals surface area contributed by atoms with Gasteiger partial charge in [-0.1, -0.05) is 0 Å².